The van der Waals surface area contributed by atoms with E-state index in [1.165, 1.54) is 12.5 Å². The summed E-state index contributed by atoms with van der Waals surface area (Å²) in [4.78, 5) is 28.8. The van der Waals surface area contributed by atoms with Gasteiger partial charge in [0.15, 0.2) is 6.10 Å². The average Bonchev–Trinajstić information content (AvgIpc) is 2.68. The van der Waals surface area contributed by atoms with Crippen molar-refractivity contribution in [2.45, 2.75) is 26.4 Å². The number of anilines is 1. The minimum Gasteiger partial charge on any atom is -0.448 e. The lowest BCUT2D eigenvalue weighted by atomic mass is 10.1. The highest BCUT2D eigenvalue weighted by Gasteiger charge is 2.20. The molecule has 0 aliphatic rings. The second-order valence-electron chi connectivity index (χ2n) is 5.98. The van der Waals surface area contributed by atoms with E-state index in [-0.39, 0.29) is 11.6 Å². The van der Waals surface area contributed by atoms with E-state index in [0.717, 1.165) is 11.8 Å². The number of hydrogen-bond acceptors (Lipinski definition) is 4. The van der Waals surface area contributed by atoms with Crippen LogP contribution in [0.25, 0.3) is 10.9 Å². The van der Waals surface area contributed by atoms with Gasteiger partial charge in [-0.2, -0.15) is 0 Å². The summed E-state index contributed by atoms with van der Waals surface area (Å²) in [6.07, 6.45) is 0.00249. The predicted molar refractivity (Wildman–Crippen MR) is 101 cm³/mol. The third-order valence-corrected chi connectivity index (χ3v) is 4.09. The van der Waals surface area contributed by atoms with Crippen LogP contribution in [-0.4, -0.2) is 23.0 Å². The number of amides is 1. The van der Waals surface area contributed by atoms with Crippen molar-refractivity contribution in [2.75, 3.05) is 5.32 Å². The van der Waals surface area contributed by atoms with Crippen LogP contribution in [0.1, 0.15) is 29.9 Å². The maximum Gasteiger partial charge on any atom is 0.357 e. The van der Waals surface area contributed by atoms with E-state index in [4.69, 9.17) is 4.74 Å². The third-order valence-electron chi connectivity index (χ3n) is 4.09. The molecule has 26 heavy (non-hydrogen) atoms. The van der Waals surface area contributed by atoms with E-state index in [0.29, 0.717) is 11.2 Å². The van der Waals surface area contributed by atoms with Gasteiger partial charge in [-0.1, -0.05) is 43.3 Å². The number of ether oxygens (including phenoxy) is 1. The van der Waals surface area contributed by atoms with Crippen LogP contribution >= 0.6 is 0 Å². The maximum absolute atomic E-state index is 12.3. The van der Waals surface area contributed by atoms with Crippen LogP contribution in [0.4, 0.5) is 5.69 Å². The second-order valence-corrected chi connectivity index (χ2v) is 5.98. The van der Waals surface area contributed by atoms with Crippen LogP contribution in [0.2, 0.25) is 0 Å². The fourth-order valence-electron chi connectivity index (χ4n) is 2.52. The van der Waals surface area contributed by atoms with Gasteiger partial charge >= 0.3 is 5.97 Å². The number of aryl methyl sites for hydroxylation is 1. The molecule has 0 aliphatic carbocycles. The first-order valence-corrected chi connectivity index (χ1v) is 8.53. The van der Waals surface area contributed by atoms with Gasteiger partial charge in [-0.3, -0.25) is 4.79 Å². The zero-order valence-corrected chi connectivity index (χ0v) is 14.7. The van der Waals surface area contributed by atoms with Gasteiger partial charge in [0.25, 0.3) is 5.91 Å². The van der Waals surface area contributed by atoms with Crippen molar-refractivity contribution in [3.8, 4) is 0 Å². The number of aromatic nitrogens is 1. The molecular formula is C21H20N2O3. The van der Waals surface area contributed by atoms with Crippen LogP contribution in [-0.2, 0) is 16.0 Å². The molecule has 0 bridgehead atoms. The summed E-state index contributed by atoms with van der Waals surface area (Å²) in [5.74, 6) is -1.01. The molecule has 0 radical (unpaired) electrons. The van der Waals surface area contributed by atoms with E-state index < -0.39 is 12.1 Å². The van der Waals surface area contributed by atoms with Crippen molar-refractivity contribution >= 4 is 28.5 Å². The molecule has 0 fully saturated rings. The third kappa shape index (κ3) is 4.06. The molecule has 2 aromatic carbocycles. The van der Waals surface area contributed by atoms with E-state index in [2.05, 4.69) is 17.2 Å². The largest absolute Gasteiger partial charge is 0.448 e. The molecule has 3 rings (SSSR count). The molecule has 5 heteroatoms. The Labute approximate surface area is 152 Å². The van der Waals surface area contributed by atoms with Gasteiger partial charge in [-0.25, -0.2) is 9.78 Å². The lowest BCUT2D eigenvalue weighted by Crippen LogP contribution is -2.30. The quantitative estimate of drug-likeness (QED) is 0.708. The first kappa shape index (κ1) is 17.6. The van der Waals surface area contributed by atoms with Crippen LogP contribution < -0.4 is 5.32 Å². The Morgan fingerprint density at radius 1 is 1.04 bits per heavy atom. The van der Waals surface area contributed by atoms with Gasteiger partial charge < -0.3 is 10.1 Å². The van der Waals surface area contributed by atoms with Gasteiger partial charge in [0, 0.05) is 11.1 Å². The van der Waals surface area contributed by atoms with Gasteiger partial charge in [-0.05, 0) is 43.2 Å². The summed E-state index contributed by atoms with van der Waals surface area (Å²) in [7, 11) is 0. The number of fused-ring (bicyclic) bond motifs is 1. The van der Waals surface area contributed by atoms with E-state index in [9.17, 15) is 9.59 Å². The molecule has 132 valence electrons. The lowest BCUT2D eigenvalue weighted by Gasteiger charge is -2.13. The standard InChI is InChI=1S/C21H20N2O3/c1-3-15-8-11-17(12-9-15)22-20(24)14(2)26-21(25)19-13-10-16-6-4-5-7-18(16)23-19/h4-14H,3H2,1-2H3,(H,22,24)/t14-/m0/s1. The molecule has 1 amide bonds. The van der Waals surface area contributed by atoms with Gasteiger partial charge in [0.2, 0.25) is 0 Å². The van der Waals surface area contributed by atoms with Crippen LogP contribution in [0.15, 0.2) is 60.7 Å². The summed E-state index contributed by atoms with van der Waals surface area (Å²) in [6.45, 7) is 3.60. The zero-order valence-electron chi connectivity index (χ0n) is 14.7. The average molecular weight is 348 g/mol. The molecule has 1 atom stereocenters. The van der Waals surface area contributed by atoms with Crippen LogP contribution in [0.3, 0.4) is 0 Å². The molecule has 0 unspecified atom stereocenters. The molecule has 5 nitrogen and oxygen atoms in total. The Morgan fingerprint density at radius 2 is 1.77 bits per heavy atom. The van der Waals surface area contributed by atoms with Crippen molar-refractivity contribution < 1.29 is 14.3 Å². The normalized spacial score (nSPS) is 11.8. The lowest BCUT2D eigenvalue weighted by molar-refractivity contribution is -0.123. The van der Waals surface area contributed by atoms with Gasteiger partial charge in [0.1, 0.15) is 5.69 Å². The number of para-hydroxylation sites is 1. The van der Waals surface area contributed by atoms with E-state index >= 15 is 0 Å². The fraction of sp³-hybridized carbons (Fsp3) is 0.190. The molecule has 1 N–H and O–H groups in total. The number of pyridine rings is 1. The number of benzene rings is 2. The van der Waals surface area contributed by atoms with Gasteiger partial charge in [0.05, 0.1) is 5.52 Å². The topological polar surface area (TPSA) is 68.3 Å². The van der Waals surface area contributed by atoms with Crippen LogP contribution in [0.5, 0.6) is 0 Å². The second kappa shape index (κ2) is 7.78. The Morgan fingerprint density at radius 3 is 2.50 bits per heavy atom. The minimum atomic E-state index is -0.929. The van der Waals surface area contributed by atoms with Crippen molar-refractivity contribution in [1.29, 1.82) is 0 Å². The van der Waals surface area contributed by atoms with Crippen molar-refractivity contribution in [3.05, 3.63) is 71.9 Å². The van der Waals surface area contributed by atoms with Crippen molar-refractivity contribution in [1.82, 2.24) is 4.98 Å². The Bertz CT molecular complexity index is 935. The Kier molecular flexibility index (Phi) is 5.27. The van der Waals surface area contributed by atoms with Crippen LogP contribution in [0, 0.1) is 0 Å². The minimum absolute atomic E-state index is 0.177. The highest BCUT2D eigenvalue weighted by molar-refractivity contribution is 5.97. The molecule has 0 saturated heterocycles. The first-order valence-electron chi connectivity index (χ1n) is 8.53. The number of carbonyl (C=O) groups excluding carboxylic acids is 2. The number of hydrogen-bond donors (Lipinski definition) is 1. The molecule has 0 spiro atoms. The monoisotopic (exact) mass is 348 g/mol. The molecule has 1 heterocycles. The van der Waals surface area contributed by atoms with E-state index in [1.54, 1.807) is 12.1 Å². The molecule has 0 saturated carbocycles. The molecular weight excluding hydrogens is 328 g/mol. The SMILES string of the molecule is CCc1ccc(NC(=O)[C@H](C)OC(=O)c2ccc3ccccc3n2)cc1. The predicted octanol–water partition coefficient (Wildman–Crippen LogP) is 3.98. The number of esters is 1. The zero-order chi connectivity index (χ0) is 18.5. The number of nitrogens with one attached hydrogen (secondary N) is 1. The Balaban J connectivity index is 1.64. The molecule has 1 aromatic heterocycles. The molecule has 0 aliphatic heterocycles. The number of carbonyl (C=O) groups is 2. The summed E-state index contributed by atoms with van der Waals surface area (Å²) >= 11 is 0. The maximum atomic E-state index is 12.3. The molecule has 3 aromatic rings. The highest BCUT2D eigenvalue weighted by Crippen LogP contribution is 2.14. The Hall–Kier alpha value is -3.21. The van der Waals surface area contributed by atoms with Gasteiger partial charge in [-0.15, -0.1) is 0 Å². The summed E-state index contributed by atoms with van der Waals surface area (Å²) in [5, 5.41) is 3.68. The fourth-order valence-corrected chi connectivity index (χ4v) is 2.52. The van der Waals surface area contributed by atoms with E-state index in [1.807, 2.05) is 48.5 Å². The number of rotatable bonds is 5. The highest BCUT2D eigenvalue weighted by atomic mass is 16.5. The smallest absolute Gasteiger partial charge is 0.357 e. The summed E-state index contributed by atoms with van der Waals surface area (Å²) < 4.78 is 5.25. The van der Waals surface area contributed by atoms with Crippen molar-refractivity contribution in [2.24, 2.45) is 0 Å². The first-order chi connectivity index (χ1) is 12.6. The summed E-state index contributed by atoms with van der Waals surface area (Å²) in [6, 6.07) is 18.5. The van der Waals surface area contributed by atoms with Crippen molar-refractivity contribution in [3.63, 3.8) is 0 Å². The number of nitrogens with zero attached hydrogens (tertiary/aromatic N) is 1. The summed E-state index contributed by atoms with van der Waals surface area (Å²) in [5.41, 5.74) is 2.73.